The van der Waals surface area contributed by atoms with Crippen molar-refractivity contribution in [2.45, 2.75) is 20.8 Å². The summed E-state index contributed by atoms with van der Waals surface area (Å²) in [6.07, 6.45) is 1.68. The molecule has 0 fully saturated rings. The van der Waals surface area contributed by atoms with E-state index in [4.69, 9.17) is 5.41 Å². The quantitative estimate of drug-likeness (QED) is 0.549. The fraction of sp³-hybridized carbons (Fsp3) is 0.120. The highest BCUT2D eigenvalue weighted by molar-refractivity contribution is 8.27. The number of thioether (sulfide) groups is 1. The summed E-state index contributed by atoms with van der Waals surface area (Å²) < 4.78 is 16.4. The molecule has 0 spiro atoms. The van der Waals surface area contributed by atoms with E-state index in [1.807, 2.05) is 32.0 Å². The first-order chi connectivity index (χ1) is 15.8. The molecule has 0 aliphatic carbocycles. The van der Waals surface area contributed by atoms with Gasteiger partial charge in [-0.15, -0.1) is 0 Å². The number of para-hydroxylation sites is 1. The zero-order valence-corrected chi connectivity index (χ0v) is 19.1. The number of aryl methyl sites for hydroxylation is 2. The summed E-state index contributed by atoms with van der Waals surface area (Å²) in [6.45, 7) is 6.05. The largest absolute Gasteiger partial charge is 0.318 e. The lowest BCUT2D eigenvalue weighted by Crippen LogP contribution is -2.35. The van der Waals surface area contributed by atoms with Crippen molar-refractivity contribution in [2.24, 2.45) is 10.1 Å². The van der Waals surface area contributed by atoms with Crippen LogP contribution in [-0.2, 0) is 4.79 Å². The van der Waals surface area contributed by atoms with Crippen molar-refractivity contribution in [2.75, 3.05) is 0 Å². The van der Waals surface area contributed by atoms with Crippen molar-refractivity contribution >= 4 is 39.8 Å². The van der Waals surface area contributed by atoms with E-state index in [0.29, 0.717) is 10.6 Å². The Balaban J connectivity index is 1.53. The van der Waals surface area contributed by atoms with Crippen LogP contribution in [0.25, 0.3) is 11.8 Å². The summed E-state index contributed by atoms with van der Waals surface area (Å²) >= 11 is 1.08. The van der Waals surface area contributed by atoms with Crippen LogP contribution in [0, 0.1) is 32.0 Å². The third kappa shape index (κ3) is 3.52. The maximum absolute atomic E-state index is 14.2. The summed E-state index contributed by atoms with van der Waals surface area (Å²) in [4.78, 5) is 16.9. The normalized spacial score (nSPS) is 16.8. The van der Waals surface area contributed by atoms with Gasteiger partial charge in [0.1, 0.15) is 10.9 Å². The van der Waals surface area contributed by atoms with Crippen molar-refractivity contribution in [3.05, 3.63) is 94.1 Å². The van der Waals surface area contributed by atoms with Gasteiger partial charge in [0.25, 0.3) is 5.91 Å². The van der Waals surface area contributed by atoms with Gasteiger partial charge < -0.3 is 4.57 Å². The van der Waals surface area contributed by atoms with Crippen molar-refractivity contribution in [1.82, 2.24) is 9.58 Å². The Morgan fingerprint density at radius 1 is 1.06 bits per heavy atom. The minimum atomic E-state index is -0.510. The average Bonchev–Trinajstić information content (AvgIpc) is 3.32. The highest BCUT2D eigenvalue weighted by Crippen LogP contribution is 2.32. The van der Waals surface area contributed by atoms with E-state index in [1.54, 1.807) is 24.3 Å². The van der Waals surface area contributed by atoms with E-state index in [2.05, 4.69) is 33.7 Å². The molecule has 2 aromatic carbocycles. The number of nitrogens with one attached hydrogen (secondary N) is 1. The minimum absolute atomic E-state index is 0.0791. The first-order valence-corrected chi connectivity index (χ1v) is 11.2. The Morgan fingerprint density at radius 2 is 1.79 bits per heavy atom. The summed E-state index contributed by atoms with van der Waals surface area (Å²) in [5.74, 6) is -1.00. The van der Waals surface area contributed by atoms with Crippen LogP contribution >= 0.6 is 11.8 Å². The van der Waals surface area contributed by atoms with Gasteiger partial charge in [-0.3, -0.25) is 10.2 Å². The molecular formula is C25H20FN5OS. The number of benzene rings is 2. The third-order valence-corrected chi connectivity index (χ3v) is 6.63. The fourth-order valence-electron chi connectivity index (χ4n) is 4.01. The molecule has 2 aliphatic rings. The molecule has 3 aromatic rings. The van der Waals surface area contributed by atoms with Gasteiger partial charge in [0.15, 0.2) is 5.84 Å². The highest BCUT2D eigenvalue weighted by atomic mass is 32.2. The molecule has 0 saturated carbocycles. The molecule has 3 heterocycles. The highest BCUT2D eigenvalue weighted by Gasteiger charge is 2.36. The number of carbonyl (C=O) groups excluding carboxylic acids is 1. The standard InChI is InChI=1S/C25H20FN5OS/c1-14-8-4-7-11-21(14)30-15(2)12-17(16(30)3)13-19-22(27)31-25(28-23(19)32)33-24(29-31)18-9-5-6-10-20(18)26/h4-13,27H,1-3H3/b19-13+,27-22?. The third-order valence-electron chi connectivity index (χ3n) is 5.69. The number of hydrazone groups is 1. The number of nitrogens with zero attached hydrogens (tertiary/aromatic N) is 4. The summed E-state index contributed by atoms with van der Waals surface area (Å²) in [7, 11) is 0. The lowest BCUT2D eigenvalue weighted by molar-refractivity contribution is -0.114. The topological polar surface area (TPSA) is 73.8 Å². The van der Waals surface area contributed by atoms with Crippen molar-refractivity contribution < 1.29 is 9.18 Å². The van der Waals surface area contributed by atoms with E-state index in [-0.39, 0.29) is 16.6 Å². The zero-order valence-electron chi connectivity index (χ0n) is 18.3. The molecule has 0 atom stereocenters. The van der Waals surface area contributed by atoms with Crippen molar-refractivity contribution in [1.29, 1.82) is 5.41 Å². The second-order valence-corrected chi connectivity index (χ2v) is 8.81. The summed E-state index contributed by atoms with van der Waals surface area (Å²) in [5.41, 5.74) is 5.46. The molecule has 8 heteroatoms. The summed E-state index contributed by atoms with van der Waals surface area (Å²) in [5, 5.41) is 14.9. The molecule has 1 N–H and O–H groups in total. The number of amidine groups is 2. The Morgan fingerprint density at radius 3 is 2.55 bits per heavy atom. The Bertz CT molecular complexity index is 1430. The van der Waals surface area contributed by atoms with Crippen LogP contribution in [0.15, 0.2) is 70.3 Å². The van der Waals surface area contributed by atoms with Crippen LogP contribution in [0.3, 0.4) is 0 Å². The van der Waals surface area contributed by atoms with Gasteiger partial charge >= 0.3 is 0 Å². The van der Waals surface area contributed by atoms with Gasteiger partial charge in [-0.2, -0.15) is 15.1 Å². The number of halogens is 1. The molecule has 0 saturated heterocycles. The lowest BCUT2D eigenvalue weighted by atomic mass is 10.1. The number of rotatable bonds is 3. The van der Waals surface area contributed by atoms with Crippen molar-refractivity contribution in [3.8, 4) is 5.69 Å². The Hall–Kier alpha value is -3.78. The molecule has 33 heavy (non-hydrogen) atoms. The maximum atomic E-state index is 14.2. The van der Waals surface area contributed by atoms with Gasteiger partial charge in [-0.05, 0) is 74.0 Å². The van der Waals surface area contributed by atoms with Crippen LogP contribution in [0.1, 0.15) is 28.1 Å². The van der Waals surface area contributed by atoms with Gasteiger partial charge in [-0.1, -0.05) is 30.3 Å². The predicted octanol–water partition coefficient (Wildman–Crippen LogP) is 5.21. The fourth-order valence-corrected chi connectivity index (χ4v) is 4.93. The second kappa shape index (κ2) is 7.97. The minimum Gasteiger partial charge on any atom is -0.318 e. The Kier molecular flexibility index (Phi) is 5.09. The number of hydrogen-bond donors (Lipinski definition) is 1. The number of aromatic nitrogens is 1. The van der Waals surface area contributed by atoms with Crippen molar-refractivity contribution in [3.63, 3.8) is 0 Å². The van der Waals surface area contributed by atoms with Crippen LogP contribution in [-0.4, -0.2) is 31.5 Å². The predicted molar refractivity (Wildman–Crippen MR) is 130 cm³/mol. The number of carbonyl (C=O) groups is 1. The molecule has 0 unspecified atom stereocenters. The molecule has 1 aromatic heterocycles. The maximum Gasteiger partial charge on any atom is 0.283 e. The molecule has 6 nitrogen and oxygen atoms in total. The first-order valence-electron chi connectivity index (χ1n) is 10.3. The number of hydrogen-bond acceptors (Lipinski definition) is 4. The van der Waals surface area contributed by atoms with Crippen LogP contribution in [0.5, 0.6) is 0 Å². The van der Waals surface area contributed by atoms with Crippen LogP contribution in [0.2, 0.25) is 0 Å². The lowest BCUT2D eigenvalue weighted by Gasteiger charge is -2.20. The molecule has 1 amide bonds. The first kappa shape index (κ1) is 21.1. The Labute approximate surface area is 194 Å². The van der Waals surface area contributed by atoms with Crippen LogP contribution in [0.4, 0.5) is 4.39 Å². The second-order valence-electron chi connectivity index (χ2n) is 7.85. The van der Waals surface area contributed by atoms with Gasteiger partial charge in [0.05, 0.1) is 5.57 Å². The van der Waals surface area contributed by atoms with E-state index in [9.17, 15) is 9.18 Å². The van der Waals surface area contributed by atoms with E-state index < -0.39 is 11.7 Å². The average molecular weight is 458 g/mol. The monoisotopic (exact) mass is 457 g/mol. The van der Waals surface area contributed by atoms with Gasteiger partial charge in [0, 0.05) is 22.6 Å². The molecule has 0 radical (unpaired) electrons. The molecule has 0 bridgehead atoms. The van der Waals surface area contributed by atoms with E-state index in [0.717, 1.165) is 40.0 Å². The number of amides is 1. The van der Waals surface area contributed by atoms with Gasteiger partial charge in [-0.25, -0.2) is 4.39 Å². The summed E-state index contributed by atoms with van der Waals surface area (Å²) in [6, 6.07) is 16.4. The molecule has 164 valence electrons. The van der Waals surface area contributed by atoms with E-state index in [1.165, 1.54) is 11.1 Å². The molecular weight excluding hydrogens is 437 g/mol. The SMILES string of the molecule is Cc1ccccc1-n1c(C)cc(/C=C2\C(=N)N3N=C(c4ccccc4F)SC3=NC2=O)c1C. The zero-order chi connectivity index (χ0) is 23.3. The molecule has 2 aliphatic heterocycles. The van der Waals surface area contributed by atoms with Crippen LogP contribution < -0.4 is 0 Å². The number of fused-ring (bicyclic) bond motifs is 1. The van der Waals surface area contributed by atoms with Gasteiger partial charge in [0.2, 0.25) is 5.17 Å². The van der Waals surface area contributed by atoms with E-state index >= 15 is 0 Å². The smallest absolute Gasteiger partial charge is 0.283 e. The molecule has 5 rings (SSSR count). The number of aliphatic imine (C=N–C) groups is 1.